The lowest BCUT2D eigenvalue weighted by Gasteiger charge is -2.06. The molecule has 0 unspecified atom stereocenters. The molecule has 0 amide bonds. The number of hydrogen-bond acceptors (Lipinski definition) is 3. The predicted molar refractivity (Wildman–Crippen MR) is 96.1 cm³/mol. The van der Waals surface area contributed by atoms with E-state index in [0.29, 0.717) is 39.3 Å². The molecule has 0 saturated heterocycles. The number of halogens is 2. The lowest BCUT2D eigenvalue weighted by atomic mass is 10.1. The number of Topliss-reactive ketones (excluding diaryl/α,β-unsaturated/α-hetero) is 1. The van der Waals surface area contributed by atoms with Gasteiger partial charge in [-0.2, -0.15) is 0 Å². The molecule has 1 aliphatic heterocycles. The summed E-state index contributed by atoms with van der Waals surface area (Å²) in [7, 11) is 0. The molecule has 0 radical (unpaired) electrons. The molecule has 2 aromatic carbocycles. The maximum Gasteiger partial charge on any atom is 0.231 e. The zero-order valence-electron chi connectivity index (χ0n) is 12.9. The first kappa shape index (κ1) is 16.6. The molecule has 0 spiro atoms. The van der Waals surface area contributed by atoms with Crippen LogP contribution < -0.4 is 9.47 Å². The van der Waals surface area contributed by atoms with Gasteiger partial charge < -0.3 is 9.47 Å². The maximum atomic E-state index is 12.4. The Bertz CT molecular complexity index is 869. The fourth-order valence-corrected chi connectivity index (χ4v) is 2.69. The maximum absolute atomic E-state index is 12.4. The first-order valence-corrected chi connectivity index (χ1v) is 8.00. The van der Waals surface area contributed by atoms with Crippen molar-refractivity contribution in [3.63, 3.8) is 0 Å². The third-order valence-electron chi connectivity index (χ3n) is 3.38. The van der Waals surface area contributed by atoms with E-state index in [1.807, 2.05) is 6.92 Å². The van der Waals surface area contributed by atoms with E-state index in [1.165, 1.54) is 0 Å². The fraction of sp³-hybridized carbons (Fsp3) is 0.105. The third-order valence-corrected chi connectivity index (χ3v) is 3.94. The highest BCUT2D eigenvalue weighted by Crippen LogP contribution is 2.35. The molecule has 122 valence electrons. The second-order valence-corrected chi connectivity index (χ2v) is 6.35. The van der Waals surface area contributed by atoms with Crippen molar-refractivity contribution in [2.45, 2.75) is 6.92 Å². The number of ketones is 1. The first-order valence-electron chi connectivity index (χ1n) is 7.24. The summed E-state index contributed by atoms with van der Waals surface area (Å²) >= 11 is 12.0. The molecular formula is C19H14Cl2O3. The van der Waals surface area contributed by atoms with E-state index < -0.39 is 0 Å². The molecule has 3 rings (SSSR count). The van der Waals surface area contributed by atoms with Crippen LogP contribution in [0.15, 0.2) is 54.3 Å². The molecule has 1 heterocycles. The highest BCUT2D eigenvalue weighted by Gasteiger charge is 2.28. The van der Waals surface area contributed by atoms with Crippen LogP contribution in [0.1, 0.15) is 22.8 Å². The summed E-state index contributed by atoms with van der Waals surface area (Å²) in [4.78, 5) is 12.4. The Morgan fingerprint density at radius 1 is 1.25 bits per heavy atom. The van der Waals surface area contributed by atoms with Gasteiger partial charge in [-0.25, -0.2) is 0 Å². The van der Waals surface area contributed by atoms with Crippen molar-refractivity contribution >= 4 is 35.1 Å². The molecule has 1 aliphatic rings. The van der Waals surface area contributed by atoms with Gasteiger partial charge in [-0.05, 0) is 48.4 Å². The minimum Gasteiger partial charge on any atom is -0.489 e. The molecule has 0 aromatic heterocycles. The van der Waals surface area contributed by atoms with E-state index in [1.54, 1.807) is 42.5 Å². The minimum absolute atomic E-state index is 0.192. The van der Waals surface area contributed by atoms with Crippen LogP contribution in [0.3, 0.4) is 0 Å². The number of allylic oxidation sites excluding steroid dienone is 1. The zero-order valence-corrected chi connectivity index (χ0v) is 14.4. The molecule has 0 atom stereocenters. The zero-order chi connectivity index (χ0) is 17.3. The number of ether oxygens (including phenoxy) is 2. The van der Waals surface area contributed by atoms with Crippen LogP contribution >= 0.6 is 23.2 Å². The molecule has 0 aliphatic carbocycles. The standard InChI is InChI=1S/C19H14Cl2O3/c1-11(2)10-23-14-5-6-15-17(9-14)24-18(19(15)22)7-12-3-4-13(20)8-16(12)21/h3-9H,1,10H2,2H3/b18-7-. The van der Waals surface area contributed by atoms with Gasteiger partial charge in [0.15, 0.2) is 5.76 Å². The van der Waals surface area contributed by atoms with Gasteiger partial charge in [-0.1, -0.05) is 35.8 Å². The Morgan fingerprint density at radius 2 is 2.04 bits per heavy atom. The van der Waals surface area contributed by atoms with Gasteiger partial charge in [0.2, 0.25) is 5.78 Å². The summed E-state index contributed by atoms with van der Waals surface area (Å²) in [6, 6.07) is 10.2. The summed E-state index contributed by atoms with van der Waals surface area (Å²) in [6.07, 6.45) is 1.61. The normalized spacial score (nSPS) is 14.5. The molecule has 0 bridgehead atoms. The summed E-state index contributed by atoms with van der Waals surface area (Å²) in [6.45, 7) is 6.08. The van der Waals surface area contributed by atoms with Gasteiger partial charge in [0.25, 0.3) is 0 Å². The monoisotopic (exact) mass is 360 g/mol. The Balaban J connectivity index is 1.87. The second kappa shape index (κ2) is 6.71. The molecule has 0 saturated carbocycles. The average molecular weight is 361 g/mol. The Labute approximate surface area is 150 Å². The molecule has 5 heteroatoms. The minimum atomic E-state index is -0.192. The van der Waals surface area contributed by atoms with Crippen molar-refractivity contribution in [2.24, 2.45) is 0 Å². The Hall–Kier alpha value is -2.23. The lowest BCUT2D eigenvalue weighted by molar-refractivity contribution is 0.101. The Morgan fingerprint density at radius 3 is 2.75 bits per heavy atom. The number of benzene rings is 2. The van der Waals surface area contributed by atoms with Crippen LogP contribution in [-0.2, 0) is 0 Å². The van der Waals surface area contributed by atoms with E-state index in [2.05, 4.69) is 6.58 Å². The van der Waals surface area contributed by atoms with Crippen molar-refractivity contribution in [1.82, 2.24) is 0 Å². The van der Waals surface area contributed by atoms with Crippen LogP contribution in [-0.4, -0.2) is 12.4 Å². The van der Waals surface area contributed by atoms with E-state index in [0.717, 1.165) is 5.57 Å². The molecular weight excluding hydrogens is 347 g/mol. The molecule has 2 aromatic rings. The van der Waals surface area contributed by atoms with E-state index in [-0.39, 0.29) is 11.5 Å². The highest BCUT2D eigenvalue weighted by molar-refractivity contribution is 6.35. The average Bonchev–Trinajstić information content (AvgIpc) is 2.84. The smallest absolute Gasteiger partial charge is 0.231 e. The predicted octanol–water partition coefficient (Wildman–Crippen LogP) is 5.56. The number of carbonyl (C=O) groups excluding carboxylic acids is 1. The van der Waals surface area contributed by atoms with Gasteiger partial charge in [-0.15, -0.1) is 0 Å². The van der Waals surface area contributed by atoms with E-state index in [4.69, 9.17) is 32.7 Å². The van der Waals surface area contributed by atoms with E-state index >= 15 is 0 Å². The van der Waals surface area contributed by atoms with Crippen molar-refractivity contribution in [2.75, 3.05) is 6.61 Å². The van der Waals surface area contributed by atoms with Crippen LogP contribution in [0, 0.1) is 0 Å². The molecule has 0 N–H and O–H groups in total. The summed E-state index contributed by atoms with van der Waals surface area (Å²) < 4.78 is 11.2. The van der Waals surface area contributed by atoms with Gasteiger partial charge in [0, 0.05) is 16.1 Å². The largest absolute Gasteiger partial charge is 0.489 e. The molecule has 24 heavy (non-hydrogen) atoms. The first-order chi connectivity index (χ1) is 11.4. The number of rotatable bonds is 4. The topological polar surface area (TPSA) is 35.5 Å². The van der Waals surface area contributed by atoms with E-state index in [9.17, 15) is 4.79 Å². The Kier molecular flexibility index (Phi) is 4.65. The fourth-order valence-electron chi connectivity index (χ4n) is 2.22. The summed E-state index contributed by atoms with van der Waals surface area (Å²) in [5, 5.41) is 0.983. The summed E-state index contributed by atoms with van der Waals surface area (Å²) in [5.41, 5.74) is 2.07. The second-order valence-electron chi connectivity index (χ2n) is 5.51. The van der Waals surface area contributed by atoms with Gasteiger partial charge in [0.05, 0.1) is 5.56 Å². The van der Waals surface area contributed by atoms with Crippen LogP contribution in [0.25, 0.3) is 6.08 Å². The van der Waals surface area contributed by atoms with Crippen molar-refractivity contribution in [3.8, 4) is 11.5 Å². The number of fused-ring (bicyclic) bond motifs is 1. The lowest BCUT2D eigenvalue weighted by Crippen LogP contribution is -1.98. The SMILES string of the molecule is C=C(C)COc1ccc2c(c1)O/C(=C\c1ccc(Cl)cc1Cl)C2=O. The van der Waals surface area contributed by atoms with Crippen molar-refractivity contribution in [1.29, 1.82) is 0 Å². The number of carbonyl (C=O) groups is 1. The van der Waals surface area contributed by atoms with Crippen LogP contribution in [0.4, 0.5) is 0 Å². The molecule has 0 fully saturated rings. The van der Waals surface area contributed by atoms with Gasteiger partial charge in [0.1, 0.15) is 18.1 Å². The molecule has 3 nitrogen and oxygen atoms in total. The van der Waals surface area contributed by atoms with Crippen LogP contribution in [0.5, 0.6) is 11.5 Å². The highest BCUT2D eigenvalue weighted by atomic mass is 35.5. The van der Waals surface area contributed by atoms with Crippen molar-refractivity contribution < 1.29 is 14.3 Å². The summed E-state index contributed by atoms with van der Waals surface area (Å²) in [5.74, 6) is 1.11. The number of hydrogen-bond donors (Lipinski definition) is 0. The van der Waals surface area contributed by atoms with Gasteiger partial charge >= 0.3 is 0 Å². The third kappa shape index (κ3) is 3.48. The quantitative estimate of drug-likeness (QED) is 0.528. The van der Waals surface area contributed by atoms with Crippen LogP contribution in [0.2, 0.25) is 10.0 Å². The van der Waals surface area contributed by atoms with Gasteiger partial charge in [-0.3, -0.25) is 4.79 Å². The van der Waals surface area contributed by atoms with Crippen molar-refractivity contribution in [3.05, 3.63) is 75.5 Å².